The molecule has 0 saturated carbocycles. The van der Waals surface area contributed by atoms with Crippen LogP contribution in [0, 0.1) is 17.6 Å². The van der Waals surface area contributed by atoms with Crippen molar-refractivity contribution in [3.8, 4) is 0 Å². The van der Waals surface area contributed by atoms with Gasteiger partial charge in [0.2, 0.25) is 0 Å². The fourth-order valence-electron chi connectivity index (χ4n) is 1.79. The molecular weight excluding hydrogens is 276 g/mol. The van der Waals surface area contributed by atoms with Gasteiger partial charge in [0.05, 0.1) is 0 Å². The zero-order valence-electron chi connectivity index (χ0n) is 12.2. The Balaban J connectivity index is 0.000000331. The van der Waals surface area contributed by atoms with Gasteiger partial charge in [0.15, 0.2) is 0 Å². The van der Waals surface area contributed by atoms with E-state index in [1.165, 1.54) is 5.57 Å². The fourth-order valence-corrected chi connectivity index (χ4v) is 1.79. The SMILES string of the molecule is CC(=O)C1=[C-]CC=C1.CC(C)(C)CC1=[C-]CC=C1.[Fe+2]. The van der Waals surface area contributed by atoms with Crippen molar-refractivity contribution >= 4 is 5.78 Å². The number of Topliss-reactive ketones (excluding diaryl/α,β-unsaturated/α-hetero) is 1. The van der Waals surface area contributed by atoms with Crippen molar-refractivity contribution in [2.24, 2.45) is 5.41 Å². The zero-order chi connectivity index (χ0) is 13.6. The van der Waals surface area contributed by atoms with Gasteiger partial charge < -0.3 is 4.79 Å². The Morgan fingerprint density at radius 3 is 2.05 bits per heavy atom. The van der Waals surface area contributed by atoms with Crippen LogP contribution >= 0.6 is 0 Å². The minimum absolute atomic E-state index is 0. The predicted octanol–water partition coefficient (Wildman–Crippen LogP) is 4.37. The van der Waals surface area contributed by atoms with Crippen LogP contribution in [0.3, 0.4) is 0 Å². The number of hydrogen-bond acceptors (Lipinski definition) is 1. The van der Waals surface area contributed by atoms with Crippen LogP contribution in [0.2, 0.25) is 0 Å². The Hall–Kier alpha value is -0.851. The van der Waals surface area contributed by atoms with Crippen LogP contribution < -0.4 is 0 Å². The van der Waals surface area contributed by atoms with Gasteiger partial charge in [0.25, 0.3) is 0 Å². The zero-order valence-corrected chi connectivity index (χ0v) is 13.3. The third-order valence-corrected chi connectivity index (χ3v) is 2.56. The Morgan fingerprint density at radius 1 is 1.16 bits per heavy atom. The quantitative estimate of drug-likeness (QED) is 0.546. The van der Waals surface area contributed by atoms with E-state index in [4.69, 9.17) is 0 Å². The van der Waals surface area contributed by atoms with Crippen LogP contribution in [-0.4, -0.2) is 5.78 Å². The summed E-state index contributed by atoms with van der Waals surface area (Å²) in [7, 11) is 0. The molecule has 0 aromatic carbocycles. The number of hydrogen-bond donors (Lipinski definition) is 0. The van der Waals surface area contributed by atoms with Gasteiger partial charge in [0, 0.05) is 5.78 Å². The molecule has 0 aromatic heterocycles. The fraction of sp³-hybridized carbons (Fsp3) is 0.471. The molecule has 0 heterocycles. The maximum absolute atomic E-state index is 10.5. The number of rotatable bonds is 2. The van der Waals surface area contributed by atoms with Gasteiger partial charge in [-0.05, 0) is 12.3 Å². The maximum Gasteiger partial charge on any atom is 2.00 e. The molecule has 0 bridgehead atoms. The molecule has 2 heteroatoms. The summed E-state index contributed by atoms with van der Waals surface area (Å²) in [6.07, 6.45) is 17.3. The molecule has 0 atom stereocenters. The van der Waals surface area contributed by atoms with E-state index in [0.29, 0.717) is 5.41 Å². The van der Waals surface area contributed by atoms with Gasteiger partial charge in [0.1, 0.15) is 0 Å². The molecule has 19 heavy (non-hydrogen) atoms. The second-order valence-electron chi connectivity index (χ2n) is 5.80. The molecule has 0 unspecified atom stereocenters. The molecule has 1 nitrogen and oxygen atoms in total. The van der Waals surface area contributed by atoms with Crippen LogP contribution in [0.4, 0.5) is 0 Å². The van der Waals surface area contributed by atoms with Crippen LogP contribution in [0.5, 0.6) is 0 Å². The van der Waals surface area contributed by atoms with Crippen molar-refractivity contribution in [2.45, 2.75) is 47.0 Å². The van der Waals surface area contributed by atoms with Crippen molar-refractivity contribution in [3.05, 3.63) is 47.6 Å². The van der Waals surface area contributed by atoms with E-state index in [2.05, 4.69) is 45.1 Å². The molecule has 104 valence electrons. The Labute approximate surface area is 128 Å². The Bertz CT molecular complexity index is 417. The first kappa shape index (κ1) is 18.1. The average Bonchev–Trinajstić information content (AvgIpc) is 2.85. The van der Waals surface area contributed by atoms with Crippen LogP contribution in [-0.2, 0) is 21.9 Å². The van der Waals surface area contributed by atoms with E-state index in [1.807, 2.05) is 12.2 Å². The summed E-state index contributed by atoms with van der Waals surface area (Å²) in [5, 5.41) is 0. The number of carbonyl (C=O) groups is 1. The molecule has 2 aliphatic carbocycles. The largest absolute Gasteiger partial charge is 2.00 e. The van der Waals surface area contributed by atoms with Gasteiger partial charge >= 0.3 is 17.1 Å². The van der Waals surface area contributed by atoms with Gasteiger partial charge in [-0.15, -0.1) is 12.5 Å². The molecule has 0 radical (unpaired) electrons. The summed E-state index contributed by atoms with van der Waals surface area (Å²) >= 11 is 0. The molecular formula is C17H22FeO. The Morgan fingerprint density at radius 2 is 1.74 bits per heavy atom. The molecule has 2 rings (SSSR count). The van der Waals surface area contributed by atoms with Crippen LogP contribution in [0.25, 0.3) is 0 Å². The molecule has 0 fully saturated rings. The van der Waals surface area contributed by atoms with Crippen LogP contribution in [0.15, 0.2) is 35.5 Å². The van der Waals surface area contributed by atoms with Crippen molar-refractivity contribution in [1.82, 2.24) is 0 Å². The third-order valence-electron chi connectivity index (χ3n) is 2.56. The normalized spacial score (nSPS) is 16.2. The first-order valence-corrected chi connectivity index (χ1v) is 6.43. The van der Waals surface area contributed by atoms with E-state index in [9.17, 15) is 4.79 Å². The monoisotopic (exact) mass is 298 g/mol. The third kappa shape index (κ3) is 8.02. The molecule has 0 saturated heterocycles. The summed E-state index contributed by atoms with van der Waals surface area (Å²) < 4.78 is 0. The maximum atomic E-state index is 10.5. The van der Waals surface area contributed by atoms with Crippen LogP contribution in [0.1, 0.15) is 47.0 Å². The van der Waals surface area contributed by atoms with E-state index in [0.717, 1.165) is 24.8 Å². The summed E-state index contributed by atoms with van der Waals surface area (Å²) in [5.41, 5.74) is 2.52. The van der Waals surface area contributed by atoms with Crippen molar-refractivity contribution in [2.75, 3.05) is 0 Å². The average molecular weight is 298 g/mol. The number of carbonyl (C=O) groups excluding carboxylic acids is 1. The second kappa shape index (κ2) is 8.35. The number of ketones is 1. The van der Waals surface area contributed by atoms with E-state index in [-0.39, 0.29) is 22.9 Å². The van der Waals surface area contributed by atoms with Gasteiger partial charge in [-0.3, -0.25) is 6.08 Å². The van der Waals surface area contributed by atoms with Gasteiger partial charge in [-0.1, -0.05) is 33.6 Å². The summed E-state index contributed by atoms with van der Waals surface area (Å²) in [6.45, 7) is 8.33. The van der Waals surface area contributed by atoms with E-state index >= 15 is 0 Å². The first-order valence-electron chi connectivity index (χ1n) is 6.43. The summed E-state index contributed by atoms with van der Waals surface area (Å²) in [4.78, 5) is 10.5. The topological polar surface area (TPSA) is 17.1 Å². The minimum Gasteiger partial charge on any atom is -0.371 e. The van der Waals surface area contributed by atoms with Crippen molar-refractivity contribution in [3.63, 3.8) is 0 Å². The second-order valence-corrected chi connectivity index (χ2v) is 5.80. The van der Waals surface area contributed by atoms with E-state index in [1.54, 1.807) is 6.92 Å². The van der Waals surface area contributed by atoms with Crippen molar-refractivity contribution < 1.29 is 21.9 Å². The summed E-state index contributed by atoms with van der Waals surface area (Å²) in [5.74, 6) is 0.110. The van der Waals surface area contributed by atoms with Gasteiger partial charge in [-0.2, -0.15) is 23.8 Å². The van der Waals surface area contributed by atoms with Gasteiger partial charge in [-0.25, -0.2) is 11.6 Å². The Kier molecular flexibility index (Phi) is 7.97. The minimum atomic E-state index is 0. The predicted molar refractivity (Wildman–Crippen MR) is 75.8 cm³/mol. The first-order chi connectivity index (χ1) is 8.38. The molecule has 0 spiro atoms. The molecule has 0 amide bonds. The summed E-state index contributed by atoms with van der Waals surface area (Å²) in [6, 6.07) is 0. The molecule has 0 aliphatic heterocycles. The molecule has 0 aromatic rings. The molecule has 0 N–H and O–H groups in total. The van der Waals surface area contributed by atoms with E-state index < -0.39 is 0 Å². The smallest absolute Gasteiger partial charge is 0.371 e. The van der Waals surface area contributed by atoms with Crippen molar-refractivity contribution in [1.29, 1.82) is 0 Å². The number of allylic oxidation sites excluding steroid dienone is 8. The standard InChI is InChI=1S/C10H15.C7H7O.Fe/c1-10(2,3)8-9-6-4-5-7-9;1-6(8)7-4-2-3-5-7;/h4,6H,5,8H2,1-3H3;2,4H,3H2,1H3;/q2*-1;+2. The molecule has 2 aliphatic rings.